The number of hydrogen-bond donors (Lipinski definition) is 0. The number of hydrogen-bond acceptors (Lipinski definition) is 4. The van der Waals surface area contributed by atoms with E-state index in [1.165, 1.54) is 83.0 Å². The Bertz CT molecular complexity index is 4190. The predicted molar refractivity (Wildman–Crippen MR) is 298 cm³/mol. The van der Waals surface area contributed by atoms with Gasteiger partial charge in [0.2, 0.25) is 5.95 Å². The third-order valence-corrected chi connectivity index (χ3v) is 16.1. The molecule has 0 saturated heterocycles. The summed E-state index contributed by atoms with van der Waals surface area (Å²) in [4.78, 5) is 18.4. The molecule has 0 amide bonds. The van der Waals surface area contributed by atoms with E-state index < -0.39 is 5.41 Å². The van der Waals surface area contributed by atoms with Gasteiger partial charge in [-0.2, -0.15) is 9.97 Å². The van der Waals surface area contributed by atoms with Crippen LogP contribution in [0.15, 0.2) is 231 Å². The maximum Gasteiger partial charge on any atom is 0.238 e. The largest absolute Gasteiger partial charge is 0.309 e. The molecule has 10 aromatic carbocycles. The second kappa shape index (κ2) is 15.4. The molecule has 0 fully saturated rings. The summed E-state index contributed by atoms with van der Waals surface area (Å²) in [5, 5.41) is 2.43. The molecule has 5 nitrogen and oxygen atoms in total. The summed E-state index contributed by atoms with van der Waals surface area (Å²) >= 11 is 0. The molecular weight excluding hydrogens is 887 g/mol. The SMILES string of the molecule is Cc1ccc(-n2c3ccccc3c3cc(-c4ccc5c(c4)N(c4nc(-c6ccccc6)nc(-c6ccccc6)n4)c4ccccc4C54c5ccccc5-c5c4ccc4c5-c5ccccc5C4(C)C)ccc32)cc1. The van der Waals surface area contributed by atoms with Crippen molar-refractivity contribution in [3.05, 3.63) is 269 Å². The van der Waals surface area contributed by atoms with Crippen molar-refractivity contribution in [1.82, 2.24) is 19.5 Å². The second-order valence-corrected chi connectivity index (χ2v) is 20.4. The lowest BCUT2D eigenvalue weighted by Gasteiger charge is -2.44. The number of anilines is 3. The lowest BCUT2D eigenvalue weighted by molar-refractivity contribution is 0.659. The van der Waals surface area contributed by atoms with E-state index in [2.05, 4.69) is 224 Å². The zero-order valence-corrected chi connectivity index (χ0v) is 40.7. The lowest BCUT2D eigenvalue weighted by Crippen LogP contribution is -2.36. The molecule has 0 N–H and O–H groups in total. The molecule has 3 heterocycles. The Balaban J connectivity index is 1.03. The minimum atomic E-state index is -0.688. The van der Waals surface area contributed by atoms with Crippen LogP contribution in [0, 0.1) is 6.92 Å². The maximum absolute atomic E-state index is 5.46. The summed E-state index contributed by atoms with van der Waals surface area (Å²) in [6, 6.07) is 84.3. The molecule has 0 saturated carbocycles. The van der Waals surface area contributed by atoms with Crippen molar-refractivity contribution < 1.29 is 0 Å². The predicted octanol–water partition coefficient (Wildman–Crippen LogP) is 16.7. The van der Waals surface area contributed by atoms with Crippen LogP contribution in [-0.4, -0.2) is 19.5 Å². The van der Waals surface area contributed by atoms with Gasteiger partial charge in [0.25, 0.3) is 0 Å². The summed E-state index contributed by atoms with van der Waals surface area (Å²) in [6.07, 6.45) is 0. The summed E-state index contributed by atoms with van der Waals surface area (Å²) in [5.41, 5.74) is 22.9. The highest BCUT2D eigenvalue weighted by molar-refractivity contribution is 6.11. The number of nitrogens with zero attached hydrogens (tertiary/aromatic N) is 5. The average molecular weight is 934 g/mol. The topological polar surface area (TPSA) is 46.8 Å². The fourth-order valence-electron chi connectivity index (χ4n) is 12.9. The van der Waals surface area contributed by atoms with Crippen molar-refractivity contribution in [2.75, 3.05) is 4.90 Å². The summed E-state index contributed by atoms with van der Waals surface area (Å²) in [5.74, 6) is 1.79. The quantitative estimate of drug-likeness (QED) is 0.173. The van der Waals surface area contributed by atoms with Gasteiger partial charge in [0.1, 0.15) is 0 Å². The zero-order chi connectivity index (χ0) is 48.6. The van der Waals surface area contributed by atoms with E-state index in [9.17, 15) is 0 Å². The van der Waals surface area contributed by atoms with E-state index >= 15 is 0 Å². The van der Waals surface area contributed by atoms with Crippen LogP contribution < -0.4 is 4.90 Å². The van der Waals surface area contributed by atoms with Gasteiger partial charge in [0.05, 0.1) is 27.8 Å². The van der Waals surface area contributed by atoms with Crippen molar-refractivity contribution in [3.8, 4) is 61.8 Å². The number of fused-ring (bicyclic) bond motifs is 16. The molecule has 2 aliphatic carbocycles. The first-order valence-electron chi connectivity index (χ1n) is 25.3. The Hall–Kier alpha value is -9.19. The molecule has 5 heteroatoms. The van der Waals surface area contributed by atoms with Gasteiger partial charge in [0, 0.05) is 33.0 Å². The minimum absolute atomic E-state index is 0.154. The van der Waals surface area contributed by atoms with Crippen LogP contribution in [0.25, 0.3) is 83.6 Å². The van der Waals surface area contributed by atoms with Gasteiger partial charge in [-0.05, 0) is 116 Å². The molecule has 344 valence electrons. The number of benzene rings is 10. The van der Waals surface area contributed by atoms with E-state index in [0.717, 1.165) is 39.3 Å². The lowest BCUT2D eigenvalue weighted by atomic mass is 9.64. The van der Waals surface area contributed by atoms with E-state index in [1.807, 2.05) is 36.4 Å². The zero-order valence-electron chi connectivity index (χ0n) is 40.7. The summed E-state index contributed by atoms with van der Waals surface area (Å²) < 4.78 is 2.39. The van der Waals surface area contributed by atoms with Crippen LogP contribution in [0.1, 0.15) is 52.8 Å². The molecule has 1 aliphatic heterocycles. The highest BCUT2D eigenvalue weighted by atomic mass is 15.3. The van der Waals surface area contributed by atoms with Crippen LogP contribution >= 0.6 is 0 Å². The van der Waals surface area contributed by atoms with Crippen LogP contribution in [0.3, 0.4) is 0 Å². The normalized spacial score (nSPS) is 15.5. The number of aryl methyl sites for hydroxylation is 1. The standard InChI is InChI=1S/C68H47N5/c1-42-30-34-47(35-31-42)72-58-28-16-12-22-48(58)51-40-45(33-39-59(51)72)46-32-36-55-61(41-46)73(66-70-64(43-18-6-4-7-19-43)69-65(71-66)44-20-8-5-9-21-44)60-29-17-15-27-54(60)68(55)53-26-14-11-24-50(53)63-57(68)38-37-56-62(63)49-23-10-13-25-52(49)67(56,2)3/h4-41H,1-3H3. The van der Waals surface area contributed by atoms with Gasteiger partial charge >= 0.3 is 0 Å². The maximum atomic E-state index is 5.46. The number of rotatable bonds is 5. The fourth-order valence-corrected chi connectivity index (χ4v) is 12.9. The molecule has 15 rings (SSSR count). The number of aromatic nitrogens is 4. The Morgan fingerprint density at radius 1 is 0.370 bits per heavy atom. The third kappa shape index (κ3) is 5.82. The first-order valence-corrected chi connectivity index (χ1v) is 25.3. The first kappa shape index (κ1) is 41.6. The van der Waals surface area contributed by atoms with E-state index in [-0.39, 0.29) is 5.41 Å². The minimum Gasteiger partial charge on any atom is -0.309 e. The highest BCUT2D eigenvalue weighted by Crippen LogP contribution is 2.66. The second-order valence-electron chi connectivity index (χ2n) is 20.4. The number of para-hydroxylation sites is 2. The molecule has 2 aromatic heterocycles. The van der Waals surface area contributed by atoms with Gasteiger partial charge in [-0.25, -0.2) is 4.98 Å². The van der Waals surface area contributed by atoms with Crippen LogP contribution in [-0.2, 0) is 10.8 Å². The molecular formula is C68H47N5. The van der Waals surface area contributed by atoms with Crippen LogP contribution in [0.4, 0.5) is 17.3 Å². The third-order valence-electron chi connectivity index (χ3n) is 16.1. The Morgan fingerprint density at radius 2 is 0.904 bits per heavy atom. The Morgan fingerprint density at radius 3 is 1.64 bits per heavy atom. The molecule has 12 aromatic rings. The molecule has 73 heavy (non-hydrogen) atoms. The van der Waals surface area contributed by atoms with Gasteiger partial charge in [-0.15, -0.1) is 0 Å². The first-order chi connectivity index (χ1) is 35.9. The monoisotopic (exact) mass is 933 g/mol. The van der Waals surface area contributed by atoms with Crippen molar-refractivity contribution in [2.45, 2.75) is 31.6 Å². The van der Waals surface area contributed by atoms with E-state index in [4.69, 9.17) is 15.0 Å². The Kier molecular flexibility index (Phi) is 8.77. The average Bonchev–Trinajstić information content (AvgIpc) is 4.16. The van der Waals surface area contributed by atoms with Crippen molar-refractivity contribution in [3.63, 3.8) is 0 Å². The summed E-state index contributed by atoms with van der Waals surface area (Å²) in [6.45, 7) is 6.90. The van der Waals surface area contributed by atoms with Gasteiger partial charge in [0.15, 0.2) is 11.6 Å². The van der Waals surface area contributed by atoms with E-state index in [1.54, 1.807) is 0 Å². The fraction of sp³-hybridized carbons (Fsp3) is 0.0735. The smallest absolute Gasteiger partial charge is 0.238 e. The van der Waals surface area contributed by atoms with Gasteiger partial charge in [-0.1, -0.05) is 207 Å². The van der Waals surface area contributed by atoms with E-state index in [0.29, 0.717) is 17.6 Å². The Labute approximate surface area is 424 Å². The van der Waals surface area contributed by atoms with Gasteiger partial charge < -0.3 is 4.57 Å². The molecule has 3 aliphatic rings. The molecule has 1 unspecified atom stereocenters. The molecule has 0 bridgehead atoms. The van der Waals surface area contributed by atoms with Crippen molar-refractivity contribution >= 4 is 39.1 Å². The summed E-state index contributed by atoms with van der Waals surface area (Å²) in [7, 11) is 0. The van der Waals surface area contributed by atoms with Gasteiger partial charge in [-0.3, -0.25) is 4.90 Å². The molecule has 0 radical (unpaired) electrons. The van der Waals surface area contributed by atoms with Crippen molar-refractivity contribution in [2.24, 2.45) is 0 Å². The van der Waals surface area contributed by atoms with Crippen molar-refractivity contribution in [1.29, 1.82) is 0 Å². The van der Waals surface area contributed by atoms with Crippen LogP contribution in [0.2, 0.25) is 0 Å². The van der Waals surface area contributed by atoms with Crippen LogP contribution in [0.5, 0.6) is 0 Å². The molecule has 1 spiro atoms. The highest BCUT2D eigenvalue weighted by Gasteiger charge is 2.54. The molecule has 1 atom stereocenters.